The zero-order chi connectivity index (χ0) is 30.7. The van der Waals surface area contributed by atoms with Gasteiger partial charge in [0.05, 0.1) is 4.90 Å². The molecule has 216 valence electrons. The SMILES string of the molecule is [N-]=[N+]=Nc1ccc2c3c(cccc13)C(=O)N([C@@H](Cc1ccccc1)C(=O)OCC(=O)Nc1ccc(S(N)(=O)=O)cc1)C2=O. The van der Waals surface area contributed by atoms with Crippen molar-refractivity contribution in [2.75, 3.05) is 11.9 Å². The second-order valence-corrected chi connectivity index (χ2v) is 11.0. The number of carbonyl (C=O) groups excluding carboxylic acids is 4. The number of primary sulfonamides is 1. The van der Waals surface area contributed by atoms with E-state index in [1.54, 1.807) is 42.5 Å². The predicted molar refractivity (Wildman–Crippen MR) is 155 cm³/mol. The smallest absolute Gasteiger partial charge is 0.330 e. The Morgan fingerprint density at radius 3 is 2.26 bits per heavy atom. The summed E-state index contributed by atoms with van der Waals surface area (Å²) >= 11 is 0. The van der Waals surface area contributed by atoms with Gasteiger partial charge in [-0.15, -0.1) is 0 Å². The number of rotatable bonds is 9. The largest absolute Gasteiger partial charge is 0.454 e. The molecule has 0 bridgehead atoms. The summed E-state index contributed by atoms with van der Waals surface area (Å²) in [6.45, 7) is -0.751. The van der Waals surface area contributed by atoms with E-state index in [9.17, 15) is 27.6 Å². The van der Waals surface area contributed by atoms with Gasteiger partial charge in [-0.1, -0.05) is 53.6 Å². The molecule has 0 fully saturated rings. The highest BCUT2D eigenvalue weighted by atomic mass is 32.2. The predicted octanol–water partition coefficient (Wildman–Crippen LogP) is 3.82. The molecule has 43 heavy (non-hydrogen) atoms. The van der Waals surface area contributed by atoms with Crippen LogP contribution in [0.25, 0.3) is 21.2 Å². The monoisotopic (exact) mass is 598 g/mol. The van der Waals surface area contributed by atoms with Crippen LogP contribution in [0.5, 0.6) is 0 Å². The molecule has 1 atom stereocenters. The number of amides is 3. The first-order valence-electron chi connectivity index (χ1n) is 12.7. The van der Waals surface area contributed by atoms with E-state index in [0.717, 1.165) is 4.90 Å². The van der Waals surface area contributed by atoms with Crippen molar-refractivity contribution in [3.63, 3.8) is 0 Å². The van der Waals surface area contributed by atoms with Gasteiger partial charge in [0.1, 0.15) is 6.04 Å². The van der Waals surface area contributed by atoms with Crippen LogP contribution in [0.3, 0.4) is 0 Å². The number of azide groups is 1. The fourth-order valence-corrected chi connectivity index (χ4v) is 5.31. The first kappa shape index (κ1) is 29.0. The molecule has 0 saturated carbocycles. The van der Waals surface area contributed by atoms with E-state index < -0.39 is 46.4 Å². The van der Waals surface area contributed by atoms with Gasteiger partial charge in [0, 0.05) is 39.2 Å². The minimum absolute atomic E-state index is 0.0874. The highest BCUT2D eigenvalue weighted by Gasteiger charge is 2.41. The second kappa shape index (κ2) is 11.7. The lowest BCUT2D eigenvalue weighted by atomic mass is 9.91. The Bertz CT molecular complexity index is 1920. The molecule has 14 heteroatoms. The number of hydrogen-bond acceptors (Lipinski definition) is 8. The fourth-order valence-electron chi connectivity index (χ4n) is 4.79. The van der Waals surface area contributed by atoms with Crippen molar-refractivity contribution >= 4 is 55.9 Å². The maximum absolute atomic E-state index is 13.8. The van der Waals surface area contributed by atoms with Crippen LogP contribution >= 0.6 is 0 Å². The van der Waals surface area contributed by atoms with E-state index >= 15 is 0 Å². The number of anilines is 1. The molecule has 5 rings (SSSR count). The normalized spacial score (nSPS) is 13.3. The molecular weight excluding hydrogens is 576 g/mol. The minimum atomic E-state index is -3.92. The third-order valence-electron chi connectivity index (χ3n) is 6.74. The Kier molecular flexibility index (Phi) is 7.90. The van der Waals surface area contributed by atoms with E-state index in [1.165, 1.54) is 42.5 Å². The molecule has 0 unspecified atom stereocenters. The van der Waals surface area contributed by atoms with E-state index in [0.29, 0.717) is 16.3 Å². The molecule has 1 aliphatic rings. The Morgan fingerprint density at radius 2 is 1.60 bits per heavy atom. The summed E-state index contributed by atoms with van der Waals surface area (Å²) in [5.41, 5.74) is 10.3. The third kappa shape index (κ3) is 5.92. The Hall–Kier alpha value is -5.56. The van der Waals surface area contributed by atoms with Crippen LogP contribution in [0, 0.1) is 0 Å². The Labute approximate surface area is 244 Å². The van der Waals surface area contributed by atoms with Crippen molar-refractivity contribution in [2.45, 2.75) is 17.4 Å². The number of sulfonamides is 1. The minimum Gasteiger partial charge on any atom is -0.454 e. The van der Waals surface area contributed by atoms with Crippen molar-refractivity contribution in [3.05, 3.63) is 112 Å². The molecule has 13 nitrogen and oxygen atoms in total. The number of nitrogens with two attached hydrogens (primary N) is 1. The number of imide groups is 1. The molecule has 3 amide bonds. The molecule has 1 aliphatic heterocycles. The molecule has 0 radical (unpaired) electrons. The highest BCUT2D eigenvalue weighted by molar-refractivity contribution is 7.89. The van der Waals surface area contributed by atoms with Gasteiger partial charge in [-0.25, -0.2) is 18.4 Å². The van der Waals surface area contributed by atoms with Crippen LogP contribution in [0.1, 0.15) is 26.3 Å². The molecule has 4 aromatic rings. The maximum atomic E-state index is 13.8. The van der Waals surface area contributed by atoms with Gasteiger partial charge in [-0.3, -0.25) is 19.3 Å². The van der Waals surface area contributed by atoms with Gasteiger partial charge < -0.3 is 10.1 Å². The summed E-state index contributed by atoms with van der Waals surface area (Å²) in [5, 5.41) is 11.9. The summed E-state index contributed by atoms with van der Waals surface area (Å²) in [7, 11) is -3.92. The number of benzene rings is 4. The molecule has 1 heterocycles. The number of esters is 1. The number of ether oxygens (including phenoxy) is 1. The topological polar surface area (TPSA) is 202 Å². The molecule has 3 N–H and O–H groups in total. The van der Waals surface area contributed by atoms with Crippen LogP contribution in [-0.2, 0) is 30.8 Å². The summed E-state index contributed by atoms with van der Waals surface area (Å²) < 4.78 is 28.2. The first-order chi connectivity index (χ1) is 20.6. The lowest BCUT2D eigenvalue weighted by Gasteiger charge is -2.32. The van der Waals surface area contributed by atoms with Crippen LogP contribution < -0.4 is 10.5 Å². The number of hydrogen-bond donors (Lipinski definition) is 2. The van der Waals surface area contributed by atoms with Crippen molar-refractivity contribution in [2.24, 2.45) is 10.3 Å². The first-order valence-corrected chi connectivity index (χ1v) is 14.2. The third-order valence-corrected chi connectivity index (χ3v) is 7.67. The molecule has 0 saturated heterocycles. The molecule has 0 spiro atoms. The average molecular weight is 599 g/mol. The van der Waals surface area contributed by atoms with Crippen molar-refractivity contribution in [1.29, 1.82) is 0 Å². The van der Waals surface area contributed by atoms with E-state index in [4.69, 9.17) is 15.4 Å². The van der Waals surface area contributed by atoms with Gasteiger partial charge in [0.15, 0.2) is 6.61 Å². The van der Waals surface area contributed by atoms with Crippen molar-refractivity contribution in [1.82, 2.24) is 4.90 Å². The maximum Gasteiger partial charge on any atom is 0.330 e. The second-order valence-electron chi connectivity index (χ2n) is 9.46. The number of nitrogens with zero attached hydrogens (tertiary/aromatic N) is 4. The zero-order valence-corrected chi connectivity index (χ0v) is 23.0. The van der Waals surface area contributed by atoms with Crippen LogP contribution in [0.4, 0.5) is 11.4 Å². The average Bonchev–Trinajstić information content (AvgIpc) is 2.99. The van der Waals surface area contributed by atoms with Crippen molar-refractivity contribution in [3.8, 4) is 0 Å². The summed E-state index contributed by atoms with van der Waals surface area (Å²) in [4.78, 5) is 57.0. The molecule has 0 aromatic heterocycles. The Morgan fingerprint density at radius 1 is 0.930 bits per heavy atom. The van der Waals surface area contributed by atoms with Gasteiger partial charge in [0.25, 0.3) is 17.7 Å². The number of nitrogens with one attached hydrogen (secondary N) is 1. The lowest BCUT2D eigenvalue weighted by Crippen LogP contribution is -2.52. The molecule has 0 aliphatic carbocycles. The molecule has 4 aromatic carbocycles. The molecular formula is C29H22N6O7S. The van der Waals surface area contributed by atoms with E-state index in [1.807, 2.05) is 0 Å². The quantitative estimate of drug-likeness (QED) is 0.0958. The van der Waals surface area contributed by atoms with Gasteiger partial charge in [0.2, 0.25) is 10.0 Å². The number of carbonyl (C=O) groups is 4. The van der Waals surface area contributed by atoms with Gasteiger partial charge >= 0.3 is 5.97 Å². The lowest BCUT2D eigenvalue weighted by molar-refractivity contribution is -0.151. The standard InChI is InChI=1S/C29H22N6O7S/c30-34-33-23-14-13-22-26-20(23)7-4-8-21(26)27(37)35(28(22)38)24(15-17-5-2-1-3-6-17)29(39)42-16-25(36)32-18-9-11-19(12-10-18)43(31,40)41/h1-14,24H,15-16H2,(H,32,36)(H2,31,40,41)/t24-/m0/s1. The Balaban J connectivity index is 1.41. The zero-order valence-electron chi connectivity index (χ0n) is 22.2. The van der Waals surface area contributed by atoms with Crippen LogP contribution in [0.15, 0.2) is 94.9 Å². The van der Waals surface area contributed by atoms with E-state index in [2.05, 4.69) is 15.3 Å². The fraction of sp³-hybridized carbons (Fsp3) is 0.103. The summed E-state index contributed by atoms with van der Waals surface area (Å²) in [6.07, 6.45) is -0.0874. The van der Waals surface area contributed by atoms with Crippen LogP contribution in [-0.4, -0.2) is 49.7 Å². The van der Waals surface area contributed by atoms with Crippen LogP contribution in [0.2, 0.25) is 0 Å². The van der Waals surface area contributed by atoms with E-state index in [-0.39, 0.29) is 33.8 Å². The van der Waals surface area contributed by atoms with Crippen molar-refractivity contribution < 1.29 is 32.3 Å². The summed E-state index contributed by atoms with van der Waals surface area (Å²) in [5.74, 6) is -3.24. The summed E-state index contributed by atoms with van der Waals surface area (Å²) in [6, 6.07) is 19.9. The van der Waals surface area contributed by atoms with Gasteiger partial charge in [-0.05, 0) is 52.9 Å². The van der Waals surface area contributed by atoms with Gasteiger partial charge in [-0.2, -0.15) is 0 Å². The highest BCUT2D eigenvalue weighted by Crippen LogP contribution is 2.36.